The molecule has 1 aliphatic carbocycles. The van der Waals surface area contributed by atoms with Crippen LogP contribution in [0.1, 0.15) is 37.7 Å². The minimum Gasteiger partial charge on any atom is -0.361 e. The van der Waals surface area contributed by atoms with E-state index in [1.165, 1.54) is 35.7 Å². The molecule has 1 aromatic heterocycles. The van der Waals surface area contributed by atoms with Crippen LogP contribution in [-0.4, -0.2) is 17.4 Å². The highest BCUT2D eigenvalue weighted by Gasteiger charge is 2.20. The van der Waals surface area contributed by atoms with Gasteiger partial charge in [0.05, 0.1) is 0 Å². The minimum atomic E-state index is 0.255. The van der Waals surface area contributed by atoms with Crippen LogP contribution in [0.25, 0.3) is 10.9 Å². The Labute approximate surface area is 119 Å². The Morgan fingerprint density at radius 3 is 2.90 bits per heavy atom. The summed E-state index contributed by atoms with van der Waals surface area (Å²) in [5, 5.41) is 4.33. The van der Waals surface area contributed by atoms with E-state index >= 15 is 0 Å². The zero-order chi connectivity index (χ0) is 13.8. The van der Waals surface area contributed by atoms with Crippen LogP contribution >= 0.6 is 0 Å². The van der Waals surface area contributed by atoms with Gasteiger partial charge in [-0.25, -0.2) is 0 Å². The molecule has 20 heavy (non-hydrogen) atoms. The molecule has 1 aliphatic rings. The second kappa shape index (κ2) is 6.12. The summed E-state index contributed by atoms with van der Waals surface area (Å²) in [6, 6.07) is 8.51. The maximum Gasteiger partial charge on any atom is 0.223 e. The zero-order valence-corrected chi connectivity index (χ0v) is 11.8. The third-order valence-electron chi connectivity index (χ3n) is 4.31. The van der Waals surface area contributed by atoms with Crippen LogP contribution in [0.3, 0.4) is 0 Å². The molecule has 1 amide bonds. The number of rotatable bonds is 4. The Kier molecular flexibility index (Phi) is 4.05. The molecule has 1 heterocycles. The van der Waals surface area contributed by atoms with Gasteiger partial charge in [0.1, 0.15) is 0 Å². The second-order valence-electron chi connectivity index (χ2n) is 5.78. The number of nitrogens with one attached hydrogen (secondary N) is 2. The minimum absolute atomic E-state index is 0.255. The molecule has 106 valence electrons. The predicted octanol–water partition coefficient (Wildman–Crippen LogP) is 3.41. The Morgan fingerprint density at radius 2 is 2.05 bits per heavy atom. The number of hydrogen-bond donors (Lipinski definition) is 2. The lowest BCUT2D eigenvalue weighted by Gasteiger charge is -2.20. The largest absolute Gasteiger partial charge is 0.361 e. The van der Waals surface area contributed by atoms with Crippen molar-refractivity contribution in [2.24, 2.45) is 5.92 Å². The topological polar surface area (TPSA) is 44.9 Å². The molecule has 0 saturated heterocycles. The zero-order valence-electron chi connectivity index (χ0n) is 11.8. The normalized spacial score (nSPS) is 16.4. The van der Waals surface area contributed by atoms with Crippen molar-refractivity contribution in [2.45, 2.75) is 38.5 Å². The number of hydrogen-bond acceptors (Lipinski definition) is 1. The Morgan fingerprint density at radius 1 is 1.20 bits per heavy atom. The van der Waals surface area contributed by atoms with Crippen LogP contribution in [0.5, 0.6) is 0 Å². The second-order valence-corrected chi connectivity index (χ2v) is 5.78. The number of fused-ring (bicyclic) bond motifs is 1. The molecule has 0 aliphatic heterocycles. The van der Waals surface area contributed by atoms with Gasteiger partial charge in [-0.1, -0.05) is 31.4 Å². The van der Waals surface area contributed by atoms with E-state index in [2.05, 4.69) is 34.6 Å². The summed E-state index contributed by atoms with van der Waals surface area (Å²) in [6.45, 7) is 0.738. The first-order valence-electron chi connectivity index (χ1n) is 7.67. The van der Waals surface area contributed by atoms with Gasteiger partial charge in [-0.05, 0) is 42.3 Å². The number of carbonyl (C=O) groups excluding carboxylic acids is 1. The van der Waals surface area contributed by atoms with Crippen molar-refractivity contribution in [3.63, 3.8) is 0 Å². The van der Waals surface area contributed by atoms with Crippen LogP contribution in [0.15, 0.2) is 30.5 Å². The third kappa shape index (κ3) is 3.03. The highest BCUT2D eigenvalue weighted by Crippen LogP contribution is 2.23. The molecule has 0 bridgehead atoms. The van der Waals surface area contributed by atoms with Gasteiger partial charge in [-0.2, -0.15) is 0 Å². The number of aromatic nitrogens is 1. The van der Waals surface area contributed by atoms with Crippen molar-refractivity contribution in [3.8, 4) is 0 Å². The first-order valence-corrected chi connectivity index (χ1v) is 7.67. The average molecular weight is 270 g/mol. The van der Waals surface area contributed by atoms with Gasteiger partial charge in [0.2, 0.25) is 5.91 Å². The van der Waals surface area contributed by atoms with E-state index in [1.807, 2.05) is 6.20 Å². The standard InChI is InChI=1S/C17H22N2O/c20-17(15-4-2-1-3-5-15)19-10-8-13-6-7-14-9-11-18-16(14)12-13/h6-7,9,11-12,15,18H,1-5,8,10H2,(H,19,20). The SMILES string of the molecule is O=C(NCCc1ccc2cc[nH]c2c1)C1CCCCC1. The molecule has 1 fully saturated rings. The van der Waals surface area contributed by atoms with Gasteiger partial charge in [-0.15, -0.1) is 0 Å². The predicted molar refractivity (Wildman–Crippen MR) is 81.6 cm³/mol. The van der Waals surface area contributed by atoms with Gasteiger partial charge in [-0.3, -0.25) is 4.79 Å². The average Bonchev–Trinajstić information content (AvgIpc) is 2.95. The van der Waals surface area contributed by atoms with E-state index in [0.717, 1.165) is 25.8 Å². The van der Waals surface area contributed by atoms with Crippen molar-refractivity contribution in [1.29, 1.82) is 0 Å². The van der Waals surface area contributed by atoms with E-state index in [1.54, 1.807) is 0 Å². The highest BCUT2D eigenvalue weighted by molar-refractivity contribution is 5.80. The molecule has 2 N–H and O–H groups in total. The number of amides is 1. The fourth-order valence-electron chi connectivity index (χ4n) is 3.09. The molecule has 3 nitrogen and oxygen atoms in total. The van der Waals surface area contributed by atoms with E-state index in [4.69, 9.17) is 0 Å². The summed E-state index contributed by atoms with van der Waals surface area (Å²) in [6.07, 6.45) is 8.70. The van der Waals surface area contributed by atoms with E-state index in [0.29, 0.717) is 0 Å². The Bertz CT molecular complexity index is 581. The van der Waals surface area contributed by atoms with Crippen LogP contribution < -0.4 is 5.32 Å². The van der Waals surface area contributed by atoms with Crippen molar-refractivity contribution in [3.05, 3.63) is 36.0 Å². The van der Waals surface area contributed by atoms with Crippen LogP contribution in [-0.2, 0) is 11.2 Å². The van der Waals surface area contributed by atoms with Crippen molar-refractivity contribution in [2.75, 3.05) is 6.54 Å². The molecule has 3 rings (SSSR count). The fourth-order valence-corrected chi connectivity index (χ4v) is 3.09. The summed E-state index contributed by atoms with van der Waals surface area (Å²) in [7, 11) is 0. The van der Waals surface area contributed by atoms with Gasteiger partial charge >= 0.3 is 0 Å². The quantitative estimate of drug-likeness (QED) is 0.878. The summed E-state index contributed by atoms with van der Waals surface area (Å²) in [5.41, 5.74) is 2.44. The molecule has 1 saturated carbocycles. The summed E-state index contributed by atoms with van der Waals surface area (Å²) in [4.78, 5) is 15.3. The number of aromatic amines is 1. The van der Waals surface area contributed by atoms with E-state index in [9.17, 15) is 4.79 Å². The van der Waals surface area contributed by atoms with Crippen LogP contribution in [0.2, 0.25) is 0 Å². The van der Waals surface area contributed by atoms with Gasteiger partial charge in [0.25, 0.3) is 0 Å². The molecular formula is C17H22N2O. The Balaban J connectivity index is 1.50. The van der Waals surface area contributed by atoms with E-state index in [-0.39, 0.29) is 11.8 Å². The monoisotopic (exact) mass is 270 g/mol. The highest BCUT2D eigenvalue weighted by atomic mass is 16.1. The number of benzene rings is 1. The third-order valence-corrected chi connectivity index (χ3v) is 4.31. The smallest absolute Gasteiger partial charge is 0.223 e. The molecule has 0 spiro atoms. The first kappa shape index (κ1) is 13.2. The van der Waals surface area contributed by atoms with Crippen molar-refractivity contribution >= 4 is 16.8 Å². The fraction of sp³-hybridized carbons (Fsp3) is 0.471. The molecule has 1 aromatic carbocycles. The van der Waals surface area contributed by atoms with Crippen LogP contribution in [0, 0.1) is 5.92 Å². The van der Waals surface area contributed by atoms with Gasteiger partial charge < -0.3 is 10.3 Å². The summed E-state index contributed by atoms with van der Waals surface area (Å²) in [5.74, 6) is 0.514. The van der Waals surface area contributed by atoms with Crippen LogP contribution in [0.4, 0.5) is 0 Å². The molecular weight excluding hydrogens is 248 g/mol. The Hall–Kier alpha value is -1.77. The van der Waals surface area contributed by atoms with E-state index < -0.39 is 0 Å². The maximum absolute atomic E-state index is 12.0. The van der Waals surface area contributed by atoms with Gasteiger partial charge in [0, 0.05) is 24.2 Å². The molecule has 0 unspecified atom stereocenters. The molecule has 2 aromatic rings. The summed E-state index contributed by atoms with van der Waals surface area (Å²) < 4.78 is 0. The lowest BCUT2D eigenvalue weighted by Crippen LogP contribution is -2.33. The summed E-state index contributed by atoms with van der Waals surface area (Å²) >= 11 is 0. The number of carbonyl (C=O) groups is 1. The van der Waals surface area contributed by atoms with Gasteiger partial charge in [0.15, 0.2) is 0 Å². The first-order chi connectivity index (χ1) is 9.83. The maximum atomic E-state index is 12.0. The lowest BCUT2D eigenvalue weighted by molar-refractivity contribution is -0.125. The molecule has 3 heteroatoms. The van der Waals surface area contributed by atoms with Crippen molar-refractivity contribution < 1.29 is 4.79 Å². The number of H-pyrrole nitrogens is 1. The molecule has 0 atom stereocenters. The molecule has 0 radical (unpaired) electrons. The van der Waals surface area contributed by atoms with Crippen molar-refractivity contribution in [1.82, 2.24) is 10.3 Å². The lowest BCUT2D eigenvalue weighted by atomic mass is 9.88.